The molecule has 0 aliphatic heterocycles. The molecule has 0 amide bonds. The van der Waals surface area contributed by atoms with Gasteiger partial charge >= 0.3 is 0 Å². The molecule has 0 aliphatic carbocycles. The first-order valence-corrected chi connectivity index (χ1v) is 7.65. The zero-order valence-corrected chi connectivity index (χ0v) is 13.8. The summed E-state index contributed by atoms with van der Waals surface area (Å²) >= 11 is 0. The molecule has 0 aromatic carbocycles. The maximum absolute atomic E-state index is 3.60. The molecule has 0 saturated heterocycles. The molecular formula is C23H26. The molecule has 0 N–H and O–H groups in total. The van der Waals surface area contributed by atoms with E-state index in [1.54, 1.807) is 6.08 Å². The molecule has 23 heavy (non-hydrogen) atoms. The lowest BCUT2D eigenvalue weighted by atomic mass is 10.3. The van der Waals surface area contributed by atoms with Gasteiger partial charge in [0, 0.05) is 0 Å². The molecule has 0 aliphatic rings. The van der Waals surface area contributed by atoms with Crippen molar-refractivity contribution in [3.63, 3.8) is 0 Å². The smallest absolute Gasteiger partial charge is 0.0467 e. The molecule has 0 aromatic heterocycles. The van der Waals surface area contributed by atoms with Crippen LogP contribution in [0.5, 0.6) is 0 Å². The molecule has 0 fully saturated rings. The molecule has 0 nitrogen and oxygen atoms in total. The van der Waals surface area contributed by atoms with Crippen LogP contribution in [0.25, 0.3) is 0 Å². The topological polar surface area (TPSA) is 0 Å². The lowest BCUT2D eigenvalue weighted by Crippen LogP contribution is -1.54. The van der Waals surface area contributed by atoms with Crippen LogP contribution in [-0.2, 0) is 0 Å². The zero-order valence-electron chi connectivity index (χ0n) is 13.8. The van der Waals surface area contributed by atoms with Gasteiger partial charge in [0.15, 0.2) is 0 Å². The Balaban J connectivity index is 3.90. The van der Waals surface area contributed by atoms with Crippen LogP contribution in [-0.4, -0.2) is 0 Å². The van der Waals surface area contributed by atoms with Crippen LogP contribution in [0.3, 0.4) is 0 Å². The summed E-state index contributed by atoms with van der Waals surface area (Å²) in [6, 6.07) is 0. The Morgan fingerprint density at radius 2 is 0.565 bits per heavy atom. The fourth-order valence-corrected chi connectivity index (χ4v) is 1.28. The van der Waals surface area contributed by atoms with Gasteiger partial charge in [0.1, 0.15) is 0 Å². The van der Waals surface area contributed by atoms with Gasteiger partial charge in [-0.05, 0) is 6.92 Å². The summed E-state index contributed by atoms with van der Waals surface area (Å²) in [6.45, 7) is 5.60. The number of hydrogen-bond acceptors (Lipinski definition) is 0. The van der Waals surface area contributed by atoms with Gasteiger partial charge in [-0.3, -0.25) is 0 Å². The van der Waals surface area contributed by atoms with Crippen molar-refractivity contribution in [2.75, 3.05) is 0 Å². The van der Waals surface area contributed by atoms with Crippen molar-refractivity contribution in [1.82, 2.24) is 0 Å². The van der Waals surface area contributed by atoms with Gasteiger partial charge in [-0.15, -0.1) is 0 Å². The minimum atomic E-state index is 1.75. The molecular weight excluding hydrogens is 276 g/mol. The van der Waals surface area contributed by atoms with E-state index in [1.165, 1.54) is 0 Å². The predicted molar refractivity (Wildman–Crippen MR) is 107 cm³/mol. The molecule has 0 unspecified atom stereocenters. The first kappa shape index (κ1) is 20.1. The van der Waals surface area contributed by atoms with Gasteiger partial charge in [0.25, 0.3) is 0 Å². The van der Waals surface area contributed by atoms with Gasteiger partial charge in [-0.1, -0.05) is 134 Å². The highest BCUT2D eigenvalue weighted by atomic mass is 13.7. The quantitative estimate of drug-likeness (QED) is 0.391. The van der Waals surface area contributed by atoms with E-state index < -0.39 is 0 Å². The average Bonchev–Trinajstić information content (AvgIpc) is 2.57. The van der Waals surface area contributed by atoms with Gasteiger partial charge in [0.2, 0.25) is 0 Å². The first-order valence-electron chi connectivity index (χ1n) is 7.65. The molecule has 0 bridgehead atoms. The monoisotopic (exact) mass is 302 g/mol. The number of rotatable bonds is 10. The maximum atomic E-state index is 3.60. The fraction of sp³-hybridized carbons (Fsp3) is 0.0435. The fourth-order valence-electron chi connectivity index (χ4n) is 1.28. The Labute approximate surface area is 141 Å². The van der Waals surface area contributed by atoms with E-state index in [9.17, 15) is 0 Å². The maximum Gasteiger partial charge on any atom is -0.0467 e. The normalized spacial score (nSPS) is 14.5. The van der Waals surface area contributed by atoms with Crippen molar-refractivity contribution in [3.05, 3.63) is 134 Å². The standard InChI is InChI=1S/C23H26/c1-3-5-7-9-11-13-15-17-19-21-23-22-20-18-16-14-12-10-8-6-4-2/h3-23H,1H2,2H3. The Morgan fingerprint density at radius 1 is 0.348 bits per heavy atom. The molecule has 0 spiro atoms. The molecule has 0 heteroatoms. The van der Waals surface area contributed by atoms with Crippen LogP contribution in [0.4, 0.5) is 0 Å². The lowest BCUT2D eigenvalue weighted by molar-refractivity contribution is 1.73. The first-order chi connectivity index (χ1) is 11.4. The van der Waals surface area contributed by atoms with Crippen molar-refractivity contribution in [3.8, 4) is 0 Å². The molecule has 0 aromatic rings. The highest BCUT2D eigenvalue weighted by Crippen LogP contribution is 1.86. The van der Waals surface area contributed by atoms with Crippen LogP contribution >= 0.6 is 0 Å². The molecule has 0 rings (SSSR count). The summed E-state index contributed by atoms with van der Waals surface area (Å²) in [4.78, 5) is 0. The second-order valence-corrected chi connectivity index (χ2v) is 4.23. The zero-order chi connectivity index (χ0) is 16.8. The molecule has 0 heterocycles. The van der Waals surface area contributed by atoms with E-state index in [2.05, 4.69) is 6.58 Å². The van der Waals surface area contributed by atoms with Crippen molar-refractivity contribution in [2.24, 2.45) is 0 Å². The van der Waals surface area contributed by atoms with Crippen LogP contribution in [0.15, 0.2) is 134 Å². The molecule has 0 radical (unpaired) electrons. The lowest BCUT2D eigenvalue weighted by Gasteiger charge is -1.75. The van der Waals surface area contributed by atoms with E-state index in [-0.39, 0.29) is 0 Å². The Bertz CT molecular complexity index is 565. The summed E-state index contributed by atoms with van der Waals surface area (Å²) in [5.74, 6) is 0. The largest absolute Gasteiger partial charge is 0.0991 e. The van der Waals surface area contributed by atoms with E-state index in [4.69, 9.17) is 0 Å². The van der Waals surface area contributed by atoms with E-state index >= 15 is 0 Å². The molecule has 0 saturated carbocycles. The predicted octanol–water partition coefficient (Wildman–Crippen LogP) is 6.75. The number of hydrogen-bond donors (Lipinski definition) is 0. The summed E-state index contributed by atoms with van der Waals surface area (Å²) in [5.41, 5.74) is 0. The third-order valence-corrected chi connectivity index (χ3v) is 2.33. The van der Waals surface area contributed by atoms with E-state index in [0.717, 1.165) is 0 Å². The molecule has 118 valence electrons. The highest BCUT2D eigenvalue weighted by Gasteiger charge is 1.65. The van der Waals surface area contributed by atoms with E-state index in [1.807, 2.05) is 128 Å². The summed E-state index contributed by atoms with van der Waals surface area (Å²) in [6.07, 6.45) is 41.4. The van der Waals surface area contributed by atoms with Gasteiger partial charge in [0.05, 0.1) is 0 Å². The van der Waals surface area contributed by atoms with Crippen LogP contribution in [0.2, 0.25) is 0 Å². The summed E-state index contributed by atoms with van der Waals surface area (Å²) < 4.78 is 0. The SMILES string of the molecule is C=CC=CC=CC=CC=CC=CC=CC=CC=CC=CC=CC. The second kappa shape index (κ2) is 19.1. The van der Waals surface area contributed by atoms with Crippen molar-refractivity contribution in [1.29, 1.82) is 0 Å². The summed E-state index contributed by atoms with van der Waals surface area (Å²) in [7, 11) is 0. The van der Waals surface area contributed by atoms with Crippen molar-refractivity contribution in [2.45, 2.75) is 6.92 Å². The van der Waals surface area contributed by atoms with E-state index in [0.29, 0.717) is 0 Å². The van der Waals surface area contributed by atoms with Crippen LogP contribution < -0.4 is 0 Å². The highest BCUT2D eigenvalue weighted by molar-refractivity contribution is 5.22. The van der Waals surface area contributed by atoms with Crippen molar-refractivity contribution >= 4 is 0 Å². The third-order valence-electron chi connectivity index (χ3n) is 2.33. The summed E-state index contributed by atoms with van der Waals surface area (Å²) in [5, 5.41) is 0. The Kier molecular flexibility index (Phi) is 16.8. The van der Waals surface area contributed by atoms with Gasteiger partial charge in [-0.25, -0.2) is 0 Å². The van der Waals surface area contributed by atoms with Crippen molar-refractivity contribution < 1.29 is 0 Å². The Hall–Kier alpha value is -2.86. The second-order valence-electron chi connectivity index (χ2n) is 4.23. The minimum absolute atomic E-state index is 1.75. The van der Waals surface area contributed by atoms with Crippen LogP contribution in [0, 0.1) is 0 Å². The Morgan fingerprint density at radius 3 is 0.783 bits per heavy atom. The average molecular weight is 302 g/mol. The van der Waals surface area contributed by atoms with Crippen LogP contribution in [0.1, 0.15) is 6.92 Å². The van der Waals surface area contributed by atoms with Gasteiger partial charge < -0.3 is 0 Å². The minimum Gasteiger partial charge on any atom is -0.0991 e. The third kappa shape index (κ3) is 19.1. The number of allylic oxidation sites excluding steroid dienone is 21. The molecule has 0 atom stereocenters. The van der Waals surface area contributed by atoms with Gasteiger partial charge in [-0.2, -0.15) is 0 Å².